The number of rotatable bonds is 2. The van der Waals surface area contributed by atoms with Crippen molar-refractivity contribution in [1.29, 1.82) is 0 Å². The number of alkyl carbamates (subject to hydrolysis) is 1. The summed E-state index contributed by atoms with van der Waals surface area (Å²) in [7, 11) is 1.26. The zero-order chi connectivity index (χ0) is 12.2. The second kappa shape index (κ2) is 5.05. The fourth-order valence-corrected chi connectivity index (χ4v) is 2.17. The normalized spacial score (nSPS) is 29.2. The van der Waals surface area contributed by atoms with Crippen molar-refractivity contribution in [2.24, 2.45) is 5.92 Å². The van der Waals surface area contributed by atoms with Crippen molar-refractivity contribution in [3.8, 4) is 0 Å². The molecule has 1 saturated carbocycles. The molecule has 6 heteroatoms. The number of carboxylic acid groups (broad SMARTS) is 1. The molecule has 0 aromatic heterocycles. The first-order chi connectivity index (χ1) is 7.50. The predicted molar refractivity (Wildman–Crippen MR) is 57.1 cm³/mol. The van der Waals surface area contributed by atoms with Crippen molar-refractivity contribution in [1.82, 2.24) is 10.6 Å². The molecule has 0 bridgehead atoms. The number of ether oxygens (including phenoxy) is 1. The van der Waals surface area contributed by atoms with Crippen LogP contribution in [0, 0.1) is 5.92 Å². The van der Waals surface area contributed by atoms with Crippen molar-refractivity contribution in [3.63, 3.8) is 0 Å². The van der Waals surface area contributed by atoms with E-state index in [2.05, 4.69) is 15.4 Å². The summed E-state index contributed by atoms with van der Waals surface area (Å²) < 4.78 is 4.52. The first-order valence-corrected chi connectivity index (χ1v) is 5.37. The Bertz CT molecular complexity index is 282. The summed E-state index contributed by atoms with van der Waals surface area (Å²) >= 11 is 0. The van der Waals surface area contributed by atoms with Crippen LogP contribution in [0.1, 0.15) is 32.6 Å². The van der Waals surface area contributed by atoms with Crippen molar-refractivity contribution in [2.75, 3.05) is 7.11 Å². The van der Waals surface area contributed by atoms with Gasteiger partial charge < -0.3 is 9.84 Å². The Morgan fingerprint density at radius 3 is 2.56 bits per heavy atom. The zero-order valence-electron chi connectivity index (χ0n) is 9.58. The van der Waals surface area contributed by atoms with Crippen LogP contribution in [0.2, 0.25) is 0 Å². The van der Waals surface area contributed by atoms with E-state index in [0.29, 0.717) is 6.42 Å². The minimum absolute atomic E-state index is 0.0523. The molecular weight excluding hydrogens is 212 g/mol. The van der Waals surface area contributed by atoms with Gasteiger partial charge in [-0.15, -0.1) is 0 Å². The van der Waals surface area contributed by atoms with Gasteiger partial charge in [0.2, 0.25) is 0 Å². The Labute approximate surface area is 94.3 Å². The molecule has 1 aliphatic rings. The molecule has 1 aliphatic carbocycles. The number of carbonyl (C=O) groups is 2. The van der Waals surface area contributed by atoms with E-state index in [1.807, 2.05) is 6.92 Å². The molecule has 0 aromatic rings. The highest BCUT2D eigenvalue weighted by Crippen LogP contribution is 2.31. The van der Waals surface area contributed by atoms with E-state index in [4.69, 9.17) is 5.11 Å². The van der Waals surface area contributed by atoms with E-state index in [0.717, 1.165) is 19.3 Å². The van der Waals surface area contributed by atoms with Crippen LogP contribution < -0.4 is 10.6 Å². The van der Waals surface area contributed by atoms with Gasteiger partial charge >= 0.3 is 12.2 Å². The van der Waals surface area contributed by atoms with Gasteiger partial charge in [0, 0.05) is 0 Å². The molecule has 2 atom stereocenters. The van der Waals surface area contributed by atoms with Gasteiger partial charge in [0.25, 0.3) is 0 Å². The number of nitrogens with one attached hydrogen (secondary N) is 2. The van der Waals surface area contributed by atoms with Gasteiger partial charge in [-0.2, -0.15) is 0 Å². The minimum atomic E-state index is -1.13. The molecule has 0 saturated heterocycles. The van der Waals surface area contributed by atoms with E-state index in [-0.39, 0.29) is 5.92 Å². The quantitative estimate of drug-likeness (QED) is 0.627. The molecule has 92 valence electrons. The lowest BCUT2D eigenvalue weighted by molar-refractivity contribution is 0.0901. The molecule has 0 aliphatic heterocycles. The number of hydrogen-bond acceptors (Lipinski definition) is 3. The highest BCUT2D eigenvalue weighted by Gasteiger charge is 2.41. The monoisotopic (exact) mass is 230 g/mol. The summed E-state index contributed by atoms with van der Waals surface area (Å²) in [6.45, 7) is 1.92. The van der Waals surface area contributed by atoms with Crippen molar-refractivity contribution >= 4 is 12.2 Å². The van der Waals surface area contributed by atoms with Crippen LogP contribution in [0.25, 0.3) is 0 Å². The lowest BCUT2D eigenvalue weighted by atomic mass is 9.80. The number of amides is 2. The van der Waals surface area contributed by atoms with Crippen LogP contribution in [0.15, 0.2) is 0 Å². The molecular formula is C10H18N2O4. The third kappa shape index (κ3) is 2.77. The number of hydrogen-bond donors (Lipinski definition) is 3. The molecule has 16 heavy (non-hydrogen) atoms. The molecule has 1 fully saturated rings. The summed E-state index contributed by atoms with van der Waals surface area (Å²) in [5.74, 6) is 0.0523. The Kier molecular flexibility index (Phi) is 3.98. The average Bonchev–Trinajstić information content (AvgIpc) is 2.21. The van der Waals surface area contributed by atoms with Gasteiger partial charge in [-0.05, 0) is 25.2 Å². The number of carbonyl (C=O) groups excluding carboxylic acids is 1. The molecule has 0 radical (unpaired) electrons. The predicted octanol–water partition coefficient (Wildman–Crippen LogP) is 1.52. The third-order valence-corrected chi connectivity index (χ3v) is 3.14. The van der Waals surface area contributed by atoms with Crippen molar-refractivity contribution in [3.05, 3.63) is 0 Å². The van der Waals surface area contributed by atoms with Gasteiger partial charge in [-0.25, -0.2) is 9.59 Å². The summed E-state index contributed by atoms with van der Waals surface area (Å²) in [5, 5.41) is 13.9. The summed E-state index contributed by atoms with van der Waals surface area (Å²) in [6, 6.07) is 0. The lowest BCUT2D eigenvalue weighted by Crippen LogP contribution is -2.65. The van der Waals surface area contributed by atoms with Crippen LogP contribution in [0.4, 0.5) is 9.59 Å². The summed E-state index contributed by atoms with van der Waals surface area (Å²) in [4.78, 5) is 22.0. The van der Waals surface area contributed by atoms with Crippen LogP contribution >= 0.6 is 0 Å². The van der Waals surface area contributed by atoms with Gasteiger partial charge in [0.15, 0.2) is 0 Å². The Morgan fingerprint density at radius 1 is 1.38 bits per heavy atom. The van der Waals surface area contributed by atoms with Crippen molar-refractivity contribution in [2.45, 2.75) is 38.3 Å². The Hall–Kier alpha value is -1.46. The highest BCUT2D eigenvalue weighted by molar-refractivity contribution is 5.71. The Morgan fingerprint density at radius 2 is 2.06 bits per heavy atom. The lowest BCUT2D eigenvalue weighted by Gasteiger charge is -2.42. The number of methoxy groups -OCH3 is 1. The van der Waals surface area contributed by atoms with E-state index < -0.39 is 17.8 Å². The smallest absolute Gasteiger partial charge is 0.408 e. The first kappa shape index (κ1) is 12.6. The second-order valence-corrected chi connectivity index (χ2v) is 4.16. The van der Waals surface area contributed by atoms with E-state index in [1.165, 1.54) is 7.11 Å². The molecule has 0 heterocycles. The summed E-state index contributed by atoms with van der Waals surface area (Å²) in [6.07, 6.45) is 1.66. The third-order valence-electron chi connectivity index (χ3n) is 3.14. The van der Waals surface area contributed by atoms with E-state index in [1.54, 1.807) is 0 Å². The zero-order valence-corrected chi connectivity index (χ0v) is 9.58. The molecule has 2 amide bonds. The fraction of sp³-hybridized carbons (Fsp3) is 0.800. The minimum Gasteiger partial charge on any atom is -0.465 e. The molecule has 1 rings (SSSR count). The fourth-order valence-electron chi connectivity index (χ4n) is 2.17. The average molecular weight is 230 g/mol. The maximum Gasteiger partial charge on any atom is 0.408 e. The Balaban J connectivity index is 2.81. The van der Waals surface area contributed by atoms with Gasteiger partial charge in [0.1, 0.15) is 5.66 Å². The molecule has 2 unspecified atom stereocenters. The van der Waals surface area contributed by atoms with Gasteiger partial charge in [-0.3, -0.25) is 10.6 Å². The van der Waals surface area contributed by atoms with Crippen molar-refractivity contribution < 1.29 is 19.4 Å². The van der Waals surface area contributed by atoms with E-state index in [9.17, 15) is 9.59 Å². The van der Waals surface area contributed by atoms with Gasteiger partial charge in [-0.1, -0.05) is 13.3 Å². The maximum atomic E-state index is 11.2. The second-order valence-electron chi connectivity index (χ2n) is 4.16. The standard InChI is InChI=1S/C10H18N2O4/c1-7-5-3-4-6-10(7,11-8(13)14)12-9(15)16-2/h7,11H,3-6H2,1-2H3,(H,12,15)(H,13,14). The SMILES string of the molecule is COC(=O)NC1(NC(=O)O)CCCCC1C. The highest BCUT2D eigenvalue weighted by atomic mass is 16.5. The topological polar surface area (TPSA) is 87.7 Å². The van der Waals surface area contributed by atoms with Crippen LogP contribution in [0.3, 0.4) is 0 Å². The largest absolute Gasteiger partial charge is 0.465 e. The van der Waals surface area contributed by atoms with E-state index >= 15 is 0 Å². The van der Waals surface area contributed by atoms with Crippen LogP contribution in [-0.2, 0) is 4.74 Å². The van der Waals surface area contributed by atoms with Gasteiger partial charge in [0.05, 0.1) is 7.11 Å². The molecule has 0 aromatic carbocycles. The molecule has 0 spiro atoms. The maximum absolute atomic E-state index is 11.2. The first-order valence-electron chi connectivity index (χ1n) is 5.37. The van der Waals surface area contributed by atoms with Crippen LogP contribution in [0.5, 0.6) is 0 Å². The van der Waals surface area contributed by atoms with Crippen LogP contribution in [-0.4, -0.2) is 30.1 Å². The summed E-state index contributed by atoms with van der Waals surface area (Å²) in [5.41, 5.74) is -0.892. The molecule has 6 nitrogen and oxygen atoms in total. The molecule has 3 N–H and O–H groups in total.